The summed E-state index contributed by atoms with van der Waals surface area (Å²) in [5.74, 6) is -0.367. The van der Waals surface area contributed by atoms with Gasteiger partial charge in [-0.2, -0.15) is 0 Å². The Morgan fingerprint density at radius 2 is 2.17 bits per heavy atom. The van der Waals surface area contributed by atoms with E-state index in [9.17, 15) is 9.18 Å². The Kier molecular flexibility index (Phi) is 4.98. The standard InChI is InChI=1S/C19H22ClFN6OS/c1-4-5-12-15(21)10(2)23-18(24-12)27-8-11-16(28)26(3)17(22)25-19(11,9-27)13-6-7-14(20)29-13/h6-7,11H,4-5,8-9H2,1-3H3,(H2,22,25)/t11-,19-/m0/s1. The van der Waals surface area contributed by atoms with Crippen molar-refractivity contribution in [1.82, 2.24) is 14.9 Å². The number of nitrogens with zero attached hydrogens (tertiary/aromatic N) is 5. The summed E-state index contributed by atoms with van der Waals surface area (Å²) in [6.07, 6.45) is 1.30. The molecule has 4 rings (SSSR count). The van der Waals surface area contributed by atoms with Crippen molar-refractivity contribution >= 4 is 40.8 Å². The number of carbonyl (C=O) groups is 1. The first-order chi connectivity index (χ1) is 13.8. The molecule has 1 fully saturated rings. The van der Waals surface area contributed by atoms with Gasteiger partial charge in [-0.25, -0.2) is 19.4 Å². The number of aliphatic imine (C=N–C) groups is 1. The largest absolute Gasteiger partial charge is 0.369 e. The minimum absolute atomic E-state index is 0.114. The summed E-state index contributed by atoms with van der Waals surface area (Å²) >= 11 is 7.56. The van der Waals surface area contributed by atoms with Gasteiger partial charge in [0.05, 0.1) is 28.2 Å². The van der Waals surface area contributed by atoms with Gasteiger partial charge in [-0.1, -0.05) is 24.9 Å². The zero-order valence-corrected chi connectivity index (χ0v) is 18.0. The third-order valence-electron chi connectivity index (χ3n) is 5.54. The highest BCUT2D eigenvalue weighted by atomic mass is 35.5. The predicted octanol–water partition coefficient (Wildman–Crippen LogP) is 2.71. The molecule has 2 aliphatic rings. The van der Waals surface area contributed by atoms with Crippen LogP contribution in [0.5, 0.6) is 0 Å². The molecular formula is C19H22ClFN6OS. The first-order valence-electron chi connectivity index (χ1n) is 9.43. The second-order valence-electron chi connectivity index (χ2n) is 7.45. The van der Waals surface area contributed by atoms with Crippen LogP contribution in [0.3, 0.4) is 0 Å². The van der Waals surface area contributed by atoms with E-state index < -0.39 is 11.5 Å². The van der Waals surface area contributed by atoms with Crippen molar-refractivity contribution < 1.29 is 9.18 Å². The van der Waals surface area contributed by atoms with E-state index in [4.69, 9.17) is 22.3 Å². The van der Waals surface area contributed by atoms with Crippen molar-refractivity contribution in [3.05, 3.63) is 38.6 Å². The second-order valence-corrected chi connectivity index (χ2v) is 9.16. The van der Waals surface area contributed by atoms with Crippen LogP contribution in [0.1, 0.15) is 29.6 Å². The summed E-state index contributed by atoms with van der Waals surface area (Å²) in [6, 6.07) is 3.68. The SMILES string of the molecule is CCCc1nc(N2C[C@H]3C(=O)N(C)C(N)=N[C@@]3(c3ccc(Cl)s3)C2)nc(C)c1F. The highest BCUT2D eigenvalue weighted by Gasteiger charge is 2.56. The van der Waals surface area contributed by atoms with Gasteiger partial charge >= 0.3 is 0 Å². The van der Waals surface area contributed by atoms with Gasteiger partial charge in [0.25, 0.3) is 0 Å². The lowest BCUT2D eigenvalue weighted by Crippen LogP contribution is -2.54. The molecule has 0 radical (unpaired) electrons. The second kappa shape index (κ2) is 7.21. The van der Waals surface area contributed by atoms with E-state index in [1.54, 1.807) is 20.0 Å². The molecule has 10 heteroatoms. The lowest BCUT2D eigenvalue weighted by molar-refractivity contribution is -0.132. The van der Waals surface area contributed by atoms with Gasteiger partial charge in [0.1, 0.15) is 5.54 Å². The molecule has 1 saturated heterocycles. The number of aromatic nitrogens is 2. The van der Waals surface area contributed by atoms with E-state index in [1.807, 2.05) is 17.9 Å². The number of guanidine groups is 1. The Labute approximate surface area is 177 Å². The Hall–Kier alpha value is -2.26. The molecule has 29 heavy (non-hydrogen) atoms. The zero-order valence-electron chi connectivity index (χ0n) is 16.4. The van der Waals surface area contributed by atoms with Gasteiger partial charge in [0, 0.05) is 18.5 Å². The average Bonchev–Trinajstić information content (AvgIpc) is 3.28. The number of hydrogen-bond donors (Lipinski definition) is 1. The van der Waals surface area contributed by atoms with E-state index in [0.29, 0.717) is 41.2 Å². The molecule has 0 saturated carbocycles. The zero-order chi connectivity index (χ0) is 20.9. The van der Waals surface area contributed by atoms with Crippen molar-refractivity contribution in [1.29, 1.82) is 0 Å². The van der Waals surface area contributed by atoms with E-state index in [2.05, 4.69) is 9.97 Å². The molecule has 1 amide bonds. The first-order valence-corrected chi connectivity index (χ1v) is 10.6. The maximum atomic E-state index is 14.4. The van der Waals surface area contributed by atoms with Crippen molar-refractivity contribution in [2.75, 3.05) is 25.0 Å². The summed E-state index contributed by atoms with van der Waals surface area (Å²) < 4.78 is 15.0. The minimum atomic E-state index is -0.859. The third-order valence-corrected chi connectivity index (χ3v) is 6.94. The van der Waals surface area contributed by atoms with Crippen molar-refractivity contribution in [3.63, 3.8) is 0 Å². The molecular weight excluding hydrogens is 415 g/mol. The van der Waals surface area contributed by atoms with E-state index >= 15 is 0 Å². The molecule has 2 N–H and O–H groups in total. The lowest BCUT2D eigenvalue weighted by atomic mass is 9.84. The molecule has 2 aliphatic heterocycles. The van der Waals surface area contributed by atoms with Crippen LogP contribution >= 0.6 is 22.9 Å². The van der Waals surface area contributed by atoms with Gasteiger partial charge in [-0.3, -0.25) is 9.69 Å². The number of halogens is 2. The van der Waals surface area contributed by atoms with Crippen LogP contribution in [0.25, 0.3) is 0 Å². The van der Waals surface area contributed by atoms with Crippen LogP contribution in [0.4, 0.5) is 10.3 Å². The quantitative estimate of drug-likeness (QED) is 0.796. The summed E-state index contributed by atoms with van der Waals surface area (Å²) in [4.78, 5) is 30.8. The van der Waals surface area contributed by atoms with E-state index in [-0.39, 0.29) is 17.7 Å². The van der Waals surface area contributed by atoms with Crippen molar-refractivity contribution in [2.45, 2.75) is 32.2 Å². The molecule has 0 unspecified atom stereocenters. The van der Waals surface area contributed by atoms with Crippen LogP contribution in [-0.2, 0) is 16.8 Å². The van der Waals surface area contributed by atoms with Gasteiger partial charge in [0.2, 0.25) is 11.9 Å². The number of thiophene rings is 1. The monoisotopic (exact) mass is 436 g/mol. The molecule has 154 valence electrons. The molecule has 4 heterocycles. The maximum Gasteiger partial charge on any atom is 0.236 e. The Balaban J connectivity index is 1.80. The molecule has 2 aromatic heterocycles. The van der Waals surface area contributed by atoms with Gasteiger partial charge in [-0.05, 0) is 25.5 Å². The number of nitrogens with two attached hydrogens (primary N) is 1. The normalized spacial score (nSPS) is 24.1. The Morgan fingerprint density at radius 3 is 2.83 bits per heavy atom. The highest BCUT2D eigenvalue weighted by Crippen LogP contribution is 2.47. The first kappa shape index (κ1) is 20.0. The third kappa shape index (κ3) is 3.16. The number of amides is 1. The highest BCUT2D eigenvalue weighted by molar-refractivity contribution is 7.16. The van der Waals surface area contributed by atoms with Crippen LogP contribution in [0.15, 0.2) is 17.1 Å². The van der Waals surface area contributed by atoms with Gasteiger partial charge in [0.15, 0.2) is 11.8 Å². The number of fused-ring (bicyclic) bond motifs is 1. The number of rotatable bonds is 4. The fourth-order valence-electron chi connectivity index (χ4n) is 4.01. The van der Waals surface area contributed by atoms with Crippen LogP contribution in [0.2, 0.25) is 4.34 Å². The summed E-state index contributed by atoms with van der Waals surface area (Å²) in [7, 11) is 1.62. The number of hydrogen-bond acceptors (Lipinski definition) is 7. The van der Waals surface area contributed by atoms with Crippen LogP contribution in [-0.4, -0.2) is 46.9 Å². The summed E-state index contributed by atoms with van der Waals surface area (Å²) in [5.41, 5.74) is 5.91. The molecule has 0 bridgehead atoms. The molecule has 7 nitrogen and oxygen atoms in total. The molecule has 0 spiro atoms. The van der Waals surface area contributed by atoms with Crippen molar-refractivity contribution in [2.24, 2.45) is 16.6 Å². The van der Waals surface area contributed by atoms with Gasteiger partial charge in [-0.15, -0.1) is 11.3 Å². The summed E-state index contributed by atoms with van der Waals surface area (Å²) in [5, 5.41) is 0. The topological polar surface area (TPSA) is 87.7 Å². The van der Waals surface area contributed by atoms with Crippen LogP contribution in [0, 0.1) is 18.7 Å². The number of aryl methyl sites for hydroxylation is 2. The fourth-order valence-corrected chi connectivity index (χ4v) is 5.23. The average molecular weight is 437 g/mol. The van der Waals surface area contributed by atoms with Crippen molar-refractivity contribution in [3.8, 4) is 0 Å². The molecule has 0 aromatic carbocycles. The minimum Gasteiger partial charge on any atom is -0.369 e. The molecule has 2 aromatic rings. The Morgan fingerprint density at radius 1 is 1.41 bits per heavy atom. The molecule has 0 aliphatic carbocycles. The van der Waals surface area contributed by atoms with E-state index in [1.165, 1.54) is 16.2 Å². The summed E-state index contributed by atoms with van der Waals surface area (Å²) in [6.45, 7) is 4.34. The van der Waals surface area contributed by atoms with Gasteiger partial charge < -0.3 is 10.6 Å². The maximum absolute atomic E-state index is 14.4. The molecule has 2 atom stereocenters. The van der Waals surface area contributed by atoms with E-state index in [0.717, 1.165) is 11.3 Å². The number of anilines is 1. The number of carbonyl (C=O) groups excluding carboxylic acids is 1. The lowest BCUT2D eigenvalue weighted by Gasteiger charge is -2.36. The Bertz CT molecular complexity index is 1010. The van der Waals surface area contributed by atoms with Crippen LogP contribution < -0.4 is 10.6 Å². The predicted molar refractivity (Wildman–Crippen MR) is 112 cm³/mol. The smallest absolute Gasteiger partial charge is 0.236 e. The fraction of sp³-hybridized carbons (Fsp3) is 0.474.